The number of nitrogen functional groups attached to an aromatic ring is 1. The van der Waals surface area contributed by atoms with Gasteiger partial charge in [0.15, 0.2) is 22.7 Å². The van der Waals surface area contributed by atoms with E-state index in [9.17, 15) is 164 Å². The van der Waals surface area contributed by atoms with E-state index in [0.29, 0.717) is 11.4 Å². The molecule has 0 radical (unpaired) electrons. The number of carbonyl (C=O) groups excluding carboxylic acids is 10. The maximum absolute atomic E-state index is 14.8. The number of hydrogen-bond acceptors (Lipinski definition) is 37. The molecule has 0 aliphatic carbocycles. The minimum atomic E-state index is -2.22. The summed E-state index contributed by atoms with van der Waals surface area (Å²) in [5.74, 6) is -23.8. The molecule has 3 rings (SSSR count). The van der Waals surface area contributed by atoms with Crippen molar-refractivity contribution in [2.24, 2.45) is 17.8 Å². The Labute approximate surface area is 678 Å². The number of amides is 7. The molecular weight excluding hydrogens is 1620 g/mol. The minimum Gasteiger partial charge on any atom is -0.481 e. The number of nitrogens with zero attached hydrogens (tertiary/aromatic N) is 3. The average molecular weight is 1720 g/mol. The predicted molar refractivity (Wildman–Crippen MR) is 407 cm³/mol. The van der Waals surface area contributed by atoms with Crippen LogP contribution < -0.4 is 53.8 Å². The Kier molecular flexibility index (Phi) is 45.4. The third-order valence-electron chi connectivity index (χ3n) is 18.2. The molecule has 2 heterocycles. The van der Waals surface area contributed by atoms with Crippen LogP contribution in [-0.2, 0) is 68.9 Å². The Hall–Kier alpha value is -9.68. The Balaban J connectivity index is 2.07. The summed E-state index contributed by atoms with van der Waals surface area (Å²) in [5.41, 5.74) is 5.44. The van der Waals surface area contributed by atoms with Crippen LogP contribution in [0, 0.1) is 17.8 Å². The molecule has 0 spiro atoms. The van der Waals surface area contributed by atoms with Gasteiger partial charge in [0.25, 0.3) is 11.5 Å². The van der Waals surface area contributed by atoms with Gasteiger partial charge in [-0.1, -0.05) is 21.6 Å². The molecule has 118 heavy (non-hydrogen) atoms. The van der Waals surface area contributed by atoms with Crippen molar-refractivity contribution < 1.29 is 164 Å². The van der Waals surface area contributed by atoms with Gasteiger partial charge in [0.05, 0.1) is 68.7 Å². The number of aliphatic carboxylic acids is 4. The number of ketones is 3. The van der Waals surface area contributed by atoms with Gasteiger partial charge in [0, 0.05) is 112 Å². The Morgan fingerprint density at radius 2 is 0.847 bits per heavy atom. The van der Waals surface area contributed by atoms with Gasteiger partial charge in [-0.15, -0.1) is 0 Å². The van der Waals surface area contributed by atoms with Gasteiger partial charge < -0.3 is 145 Å². The molecule has 7 amide bonds. The summed E-state index contributed by atoms with van der Waals surface area (Å²) in [4.78, 5) is 216. The largest absolute Gasteiger partial charge is 0.481 e. The van der Waals surface area contributed by atoms with Crippen LogP contribution in [0.1, 0.15) is 112 Å². The topological polar surface area (TPSA) is 817 Å². The predicted octanol–water partition coefficient (Wildman–Crippen LogP) is -10.1. The third kappa shape index (κ3) is 35.9. The molecule has 19 atom stereocenters. The molecule has 3 aromatic rings. The van der Waals surface area contributed by atoms with Crippen LogP contribution in [0.3, 0.4) is 0 Å². The number of aromatic nitrogens is 4. The zero-order valence-electron chi connectivity index (χ0n) is 63.5. The zero-order valence-corrected chi connectivity index (χ0v) is 65.1. The van der Waals surface area contributed by atoms with Crippen LogP contribution in [0.4, 0.5) is 11.6 Å². The summed E-state index contributed by atoms with van der Waals surface area (Å²) in [6.45, 7) is -5.81. The van der Waals surface area contributed by atoms with Crippen molar-refractivity contribution >= 4 is 127 Å². The number of carbonyl (C=O) groups is 14. The summed E-state index contributed by atoms with van der Waals surface area (Å²) in [6.07, 6.45) is -34.8. The average Bonchev–Trinajstić information content (AvgIpc) is 0.809. The van der Waals surface area contributed by atoms with Crippen LogP contribution in [0.15, 0.2) is 35.3 Å². The quantitative estimate of drug-likeness (QED) is 0.0233. The van der Waals surface area contributed by atoms with E-state index in [1.54, 1.807) is 6.26 Å². The van der Waals surface area contributed by atoms with Gasteiger partial charge in [-0.3, -0.25) is 67.3 Å². The van der Waals surface area contributed by atoms with Crippen molar-refractivity contribution in [2.75, 3.05) is 62.5 Å². The number of nitrogens with two attached hydrogens (primary N) is 1. The molecule has 660 valence electrons. The van der Waals surface area contributed by atoms with E-state index in [1.807, 2.05) is 0 Å². The Bertz CT molecular complexity index is 3910. The molecule has 0 saturated heterocycles. The molecule has 0 aliphatic heterocycles. The van der Waals surface area contributed by atoms with Gasteiger partial charge in [0.1, 0.15) is 72.8 Å². The maximum atomic E-state index is 14.8. The fourth-order valence-corrected chi connectivity index (χ4v) is 12.5. The normalized spacial score (nSPS) is 16.3. The number of aromatic amines is 1. The first-order chi connectivity index (χ1) is 55.5. The first-order valence-corrected chi connectivity index (χ1v) is 39.3. The van der Waals surface area contributed by atoms with Crippen molar-refractivity contribution in [1.82, 2.24) is 57.2 Å². The summed E-state index contributed by atoms with van der Waals surface area (Å²) < 4.78 is 0. The lowest BCUT2D eigenvalue weighted by Crippen LogP contribution is -2.50. The first-order valence-electron chi connectivity index (χ1n) is 36.5. The molecular formula is C69H103N13O34S2. The third-order valence-corrected chi connectivity index (χ3v) is 20.1. The molecule has 0 aliphatic rings. The van der Waals surface area contributed by atoms with Gasteiger partial charge in [-0.2, -0.15) is 4.98 Å². The lowest BCUT2D eigenvalue weighted by molar-refractivity contribution is -0.142. The highest BCUT2D eigenvalue weighted by atomic mass is 33.1. The molecule has 49 heteroatoms. The van der Waals surface area contributed by atoms with Gasteiger partial charge in [-0.05, 0) is 69.0 Å². The Morgan fingerprint density at radius 3 is 1.23 bits per heavy atom. The molecule has 0 saturated carbocycles. The fourth-order valence-electron chi connectivity index (χ4n) is 11.1. The summed E-state index contributed by atoms with van der Waals surface area (Å²) in [5, 5.41) is 208. The number of carboxylic acid groups (broad SMARTS) is 4. The summed E-state index contributed by atoms with van der Waals surface area (Å²) in [6, 6.07) is -2.06. The van der Waals surface area contributed by atoms with Crippen LogP contribution in [0.5, 0.6) is 0 Å². The lowest BCUT2D eigenvalue weighted by atomic mass is 9.89. The number of carboxylic acids is 4. The maximum Gasteiger partial charge on any atom is 0.327 e. The highest BCUT2D eigenvalue weighted by Gasteiger charge is 2.38. The highest BCUT2D eigenvalue weighted by molar-refractivity contribution is 8.76. The zero-order chi connectivity index (χ0) is 88.8. The van der Waals surface area contributed by atoms with E-state index >= 15 is 0 Å². The highest BCUT2D eigenvalue weighted by Crippen LogP contribution is 2.24. The van der Waals surface area contributed by atoms with Crippen molar-refractivity contribution in [3.63, 3.8) is 0 Å². The smallest absolute Gasteiger partial charge is 0.327 e. The standard InChI is InChI=1S/C69H103N13O34S2/c1-117-118-29-40(68(115)116)80-65(111)33(6-15-51(97)74-25-45(91)57(104)60(107)48(94)28-85)20-42(88)38(12-17-53(100)101)78-64(110)32(5-14-50(96)73-24-44(90)56(103)59(106)47(93)27-84)19-41(87)37(11-16-52(98)99)77-63(109)31(4-13-49(95)72-23-43(89)55(102)58(105)46(92)26-83)18-36(86)9-10-39(67(113)114)79-62(108)30-2-7-34(8-3-30)71-21-35-22-75-61-54(76-35)66(112)82-69(70)81-61/h2-3,7-8,22,31-33,37-40,43-48,55-60,71,83-85,89-94,102-107H,4-6,9-21,23-29H2,1H3,(H,72,95)(H,73,96)(H,74,97)(H,77,109)(H,78,110)(H,79,108)(H,80,111)(H,98,99)(H,100,101)(H,113,114)(H,115,116)(H3,70,75,81,82,112)/t31-,32-,33-,37-,38-,39+,40-,43+,44+,45+,46-,47-,48-,55-,56-,57-,58-,59-,60-/m1/s1. The lowest BCUT2D eigenvalue weighted by Gasteiger charge is -2.26. The second kappa shape index (κ2) is 52.3. The van der Waals surface area contributed by atoms with Crippen molar-refractivity contribution in [3.05, 3.63) is 52.1 Å². The number of hydrogen-bond donors (Lipinski definition) is 29. The molecule has 0 bridgehead atoms. The van der Waals surface area contributed by atoms with E-state index < -0.39 is 339 Å². The summed E-state index contributed by atoms with van der Waals surface area (Å²) >= 11 is 0. The number of fused-ring (bicyclic) bond motifs is 1. The van der Waals surface area contributed by atoms with Crippen LogP contribution in [-0.4, -0.2) is 348 Å². The number of rotatable bonds is 60. The monoisotopic (exact) mass is 1720 g/mol. The first kappa shape index (κ1) is 103. The summed E-state index contributed by atoms with van der Waals surface area (Å²) in [7, 11) is 2.07. The van der Waals surface area contributed by atoms with E-state index in [2.05, 4.69) is 62.5 Å². The second-order valence-electron chi connectivity index (χ2n) is 27.3. The number of Topliss-reactive ketones (excluding diaryl/α,β-unsaturated/α-hetero) is 3. The number of aliphatic hydroxyl groups excluding tert-OH is 15. The Morgan fingerprint density at radius 1 is 0.466 bits per heavy atom. The van der Waals surface area contributed by atoms with Crippen molar-refractivity contribution in [2.45, 2.75) is 200 Å². The van der Waals surface area contributed by atoms with Crippen LogP contribution >= 0.6 is 21.6 Å². The SMILES string of the molecule is CSSC[C@@H](NC(=O)[C@H](CCC(=O)NC[C@H](O)[C@@H](O)[C@H](O)[C@H](O)CO)CC(=O)[C@@H](CCC(=O)O)NC(=O)[C@H](CCC(=O)NC[C@H](O)[C@@H](O)[C@H](O)[C@H](O)CO)CC(=O)[C@@H](CCC(=O)O)NC(=O)[C@H](CCC(=O)NC[C@H](O)[C@@H](O)[C@H](O)[C@H](O)CO)CC(=O)CC[C@H](NC(=O)c1ccc(NCc2cnc3nc(N)[nH]c(=O)c3n2)cc1)C(=O)O)C(=O)O. The van der Waals surface area contributed by atoms with Gasteiger partial charge in [0.2, 0.25) is 41.4 Å². The van der Waals surface area contributed by atoms with E-state index in [-0.39, 0.29) is 35.0 Å². The molecule has 0 fully saturated rings. The van der Waals surface area contributed by atoms with Gasteiger partial charge in [-0.25, -0.2) is 19.6 Å². The number of aliphatic hydroxyl groups is 15. The molecule has 0 unspecified atom stereocenters. The minimum absolute atomic E-state index is 0.0104. The van der Waals surface area contributed by atoms with Crippen LogP contribution in [0.25, 0.3) is 11.2 Å². The van der Waals surface area contributed by atoms with E-state index in [4.69, 9.17) is 10.8 Å². The molecule has 1 aromatic carbocycles. The fraction of sp³-hybridized carbons (Fsp3) is 0.623. The molecule has 30 N–H and O–H groups in total. The van der Waals surface area contributed by atoms with Gasteiger partial charge >= 0.3 is 23.9 Å². The number of benzene rings is 1. The second-order valence-corrected chi connectivity index (χ2v) is 29.9. The number of nitrogens with one attached hydrogen (secondary N) is 9. The van der Waals surface area contributed by atoms with Crippen LogP contribution in [0.2, 0.25) is 0 Å². The molecule has 2 aromatic heterocycles. The van der Waals surface area contributed by atoms with Crippen molar-refractivity contribution in [3.8, 4) is 0 Å². The van der Waals surface area contributed by atoms with E-state index in [1.165, 1.54) is 30.5 Å². The molecule has 47 nitrogen and oxygen atoms in total. The van der Waals surface area contributed by atoms with Crippen molar-refractivity contribution in [1.29, 1.82) is 0 Å². The van der Waals surface area contributed by atoms with E-state index in [0.717, 1.165) is 21.6 Å². The number of H-pyrrole nitrogens is 1. The number of anilines is 2.